The minimum Gasteiger partial charge on any atom is -0.321 e. The molecule has 0 aliphatic rings. The van der Waals surface area contributed by atoms with Crippen molar-refractivity contribution in [2.24, 2.45) is 0 Å². The Balaban J connectivity index is 2.34. The van der Waals surface area contributed by atoms with Gasteiger partial charge in [-0.15, -0.1) is 0 Å². The standard InChI is InChI=1S/C16H15FN2O3/c1-3-11-9-14(19(21)22)8-10(2)15(11)18-16(20)12-4-6-13(17)7-5-12/h4-9H,3H2,1-2H3,(H,18,20). The monoisotopic (exact) mass is 302 g/mol. The van der Waals surface area contributed by atoms with Crippen molar-refractivity contribution in [3.05, 3.63) is 69.0 Å². The molecule has 2 rings (SSSR count). The number of non-ortho nitro benzene ring substituents is 1. The van der Waals surface area contributed by atoms with Crippen LogP contribution in [0.2, 0.25) is 0 Å². The van der Waals surface area contributed by atoms with E-state index in [1.165, 1.54) is 36.4 Å². The van der Waals surface area contributed by atoms with Gasteiger partial charge in [0.2, 0.25) is 0 Å². The Labute approximate surface area is 126 Å². The topological polar surface area (TPSA) is 72.2 Å². The van der Waals surface area contributed by atoms with Crippen LogP contribution < -0.4 is 5.32 Å². The van der Waals surface area contributed by atoms with E-state index >= 15 is 0 Å². The molecule has 2 aromatic carbocycles. The smallest absolute Gasteiger partial charge is 0.270 e. The number of nitrogens with zero attached hydrogens (tertiary/aromatic N) is 1. The highest BCUT2D eigenvalue weighted by Gasteiger charge is 2.16. The van der Waals surface area contributed by atoms with Gasteiger partial charge >= 0.3 is 0 Å². The first-order chi connectivity index (χ1) is 10.4. The Hall–Kier alpha value is -2.76. The number of anilines is 1. The van der Waals surface area contributed by atoms with Gasteiger partial charge in [-0.05, 0) is 48.7 Å². The van der Waals surface area contributed by atoms with Crippen LogP contribution in [-0.2, 0) is 6.42 Å². The van der Waals surface area contributed by atoms with E-state index in [9.17, 15) is 19.3 Å². The first-order valence-corrected chi connectivity index (χ1v) is 6.77. The third-order valence-electron chi connectivity index (χ3n) is 3.34. The Kier molecular flexibility index (Phi) is 4.50. The molecule has 0 heterocycles. The van der Waals surface area contributed by atoms with Gasteiger partial charge < -0.3 is 5.32 Å². The lowest BCUT2D eigenvalue weighted by atomic mass is 10.0. The van der Waals surface area contributed by atoms with Crippen LogP contribution >= 0.6 is 0 Å². The summed E-state index contributed by atoms with van der Waals surface area (Å²) in [7, 11) is 0. The minimum atomic E-state index is -0.461. The SMILES string of the molecule is CCc1cc([N+](=O)[O-])cc(C)c1NC(=O)c1ccc(F)cc1. The van der Waals surface area contributed by atoms with E-state index in [4.69, 9.17) is 0 Å². The number of aryl methyl sites for hydroxylation is 2. The lowest BCUT2D eigenvalue weighted by molar-refractivity contribution is -0.384. The maximum Gasteiger partial charge on any atom is 0.270 e. The molecule has 1 amide bonds. The molecule has 0 spiro atoms. The molecule has 5 nitrogen and oxygen atoms in total. The Morgan fingerprint density at radius 1 is 1.27 bits per heavy atom. The number of hydrogen-bond donors (Lipinski definition) is 1. The summed E-state index contributed by atoms with van der Waals surface area (Å²) in [6, 6.07) is 8.05. The Bertz CT molecular complexity index is 727. The van der Waals surface area contributed by atoms with Gasteiger partial charge in [0.1, 0.15) is 5.82 Å². The molecule has 22 heavy (non-hydrogen) atoms. The van der Waals surface area contributed by atoms with E-state index in [0.29, 0.717) is 28.8 Å². The van der Waals surface area contributed by atoms with Crippen LogP contribution in [0.3, 0.4) is 0 Å². The van der Waals surface area contributed by atoms with Gasteiger partial charge in [0.15, 0.2) is 0 Å². The highest BCUT2D eigenvalue weighted by molar-refractivity contribution is 6.05. The van der Waals surface area contributed by atoms with Crippen LogP contribution in [-0.4, -0.2) is 10.8 Å². The zero-order valence-electron chi connectivity index (χ0n) is 12.2. The summed E-state index contributed by atoms with van der Waals surface area (Å²) in [6.45, 7) is 3.55. The number of hydrogen-bond acceptors (Lipinski definition) is 3. The first-order valence-electron chi connectivity index (χ1n) is 6.77. The van der Waals surface area contributed by atoms with Gasteiger partial charge in [0.05, 0.1) is 4.92 Å². The van der Waals surface area contributed by atoms with Crippen molar-refractivity contribution in [1.82, 2.24) is 0 Å². The summed E-state index contributed by atoms with van der Waals surface area (Å²) in [4.78, 5) is 22.6. The molecule has 0 radical (unpaired) electrons. The molecule has 0 atom stereocenters. The predicted molar refractivity (Wildman–Crippen MR) is 81.6 cm³/mol. The van der Waals surface area contributed by atoms with Crippen molar-refractivity contribution < 1.29 is 14.1 Å². The summed E-state index contributed by atoms with van der Waals surface area (Å²) in [6.07, 6.45) is 0.543. The number of nitro benzene ring substituents is 1. The second-order valence-electron chi connectivity index (χ2n) is 4.87. The van der Waals surface area contributed by atoms with Crippen molar-refractivity contribution in [2.45, 2.75) is 20.3 Å². The van der Waals surface area contributed by atoms with Crippen LogP contribution in [0.25, 0.3) is 0 Å². The number of benzene rings is 2. The average molecular weight is 302 g/mol. The fraction of sp³-hybridized carbons (Fsp3) is 0.188. The molecular formula is C16H15FN2O3. The maximum absolute atomic E-state index is 12.9. The van der Waals surface area contributed by atoms with Gasteiger partial charge in [0.25, 0.3) is 11.6 Å². The molecule has 1 N–H and O–H groups in total. The molecule has 0 aliphatic carbocycles. The quantitative estimate of drug-likeness (QED) is 0.688. The molecule has 0 saturated heterocycles. The summed E-state index contributed by atoms with van der Waals surface area (Å²) in [5.41, 5.74) is 2.17. The van der Waals surface area contributed by atoms with Gasteiger partial charge in [-0.3, -0.25) is 14.9 Å². The lowest BCUT2D eigenvalue weighted by Crippen LogP contribution is -2.14. The third kappa shape index (κ3) is 3.28. The largest absolute Gasteiger partial charge is 0.321 e. The van der Waals surface area contributed by atoms with Crippen LogP contribution in [0.1, 0.15) is 28.4 Å². The molecule has 114 valence electrons. The van der Waals surface area contributed by atoms with Crippen LogP contribution in [0.15, 0.2) is 36.4 Å². The minimum absolute atomic E-state index is 0.00543. The van der Waals surface area contributed by atoms with E-state index in [1.807, 2.05) is 6.92 Å². The molecular weight excluding hydrogens is 287 g/mol. The van der Waals surface area contributed by atoms with Crippen molar-refractivity contribution in [3.63, 3.8) is 0 Å². The van der Waals surface area contributed by atoms with E-state index < -0.39 is 10.7 Å². The van der Waals surface area contributed by atoms with Crippen LogP contribution in [0.4, 0.5) is 15.8 Å². The molecule has 6 heteroatoms. The normalized spacial score (nSPS) is 10.3. The molecule has 0 saturated carbocycles. The number of rotatable bonds is 4. The van der Waals surface area contributed by atoms with Crippen molar-refractivity contribution in [3.8, 4) is 0 Å². The Morgan fingerprint density at radius 3 is 2.45 bits per heavy atom. The fourth-order valence-corrected chi connectivity index (χ4v) is 2.19. The summed E-state index contributed by atoms with van der Waals surface area (Å²) in [5, 5.41) is 13.6. The van der Waals surface area contributed by atoms with E-state index in [0.717, 1.165) is 0 Å². The zero-order valence-corrected chi connectivity index (χ0v) is 12.2. The summed E-state index contributed by atoms with van der Waals surface area (Å²) in [5.74, 6) is -0.802. The average Bonchev–Trinajstić information content (AvgIpc) is 2.49. The number of amides is 1. The van der Waals surface area contributed by atoms with Crippen molar-refractivity contribution in [1.29, 1.82) is 0 Å². The highest BCUT2D eigenvalue weighted by atomic mass is 19.1. The van der Waals surface area contributed by atoms with E-state index in [-0.39, 0.29) is 11.6 Å². The van der Waals surface area contributed by atoms with Gasteiger partial charge in [0, 0.05) is 23.4 Å². The van der Waals surface area contributed by atoms with Gasteiger partial charge in [-0.1, -0.05) is 6.92 Å². The van der Waals surface area contributed by atoms with Crippen molar-refractivity contribution in [2.75, 3.05) is 5.32 Å². The summed E-state index contributed by atoms with van der Waals surface area (Å²) >= 11 is 0. The second-order valence-corrected chi connectivity index (χ2v) is 4.87. The second kappa shape index (κ2) is 6.34. The number of carbonyl (C=O) groups is 1. The first kappa shape index (κ1) is 15.6. The molecule has 0 fully saturated rings. The van der Waals surface area contributed by atoms with Gasteiger partial charge in [-0.25, -0.2) is 4.39 Å². The highest BCUT2D eigenvalue weighted by Crippen LogP contribution is 2.27. The van der Waals surface area contributed by atoms with Crippen LogP contribution in [0.5, 0.6) is 0 Å². The number of nitrogens with one attached hydrogen (secondary N) is 1. The molecule has 0 aliphatic heterocycles. The Morgan fingerprint density at radius 2 is 1.91 bits per heavy atom. The zero-order chi connectivity index (χ0) is 16.3. The lowest BCUT2D eigenvalue weighted by Gasteiger charge is -2.13. The molecule has 0 aromatic heterocycles. The molecule has 0 bridgehead atoms. The summed E-state index contributed by atoms with van der Waals surface area (Å²) < 4.78 is 12.9. The van der Waals surface area contributed by atoms with E-state index in [2.05, 4.69) is 5.32 Å². The fourth-order valence-electron chi connectivity index (χ4n) is 2.19. The maximum atomic E-state index is 12.9. The number of carbonyl (C=O) groups excluding carboxylic acids is 1. The number of halogens is 1. The van der Waals surface area contributed by atoms with Crippen molar-refractivity contribution >= 4 is 17.3 Å². The van der Waals surface area contributed by atoms with E-state index in [1.54, 1.807) is 6.92 Å². The van der Waals surface area contributed by atoms with Crippen LogP contribution in [0, 0.1) is 22.9 Å². The predicted octanol–water partition coefficient (Wildman–Crippen LogP) is 3.86. The molecule has 0 unspecified atom stereocenters. The van der Waals surface area contributed by atoms with Gasteiger partial charge in [-0.2, -0.15) is 0 Å². The third-order valence-corrected chi connectivity index (χ3v) is 3.34. The number of nitro groups is 1. The molecule has 2 aromatic rings.